The summed E-state index contributed by atoms with van der Waals surface area (Å²) in [5.74, 6) is 0.685. The first-order chi connectivity index (χ1) is 10.8. The lowest BCUT2D eigenvalue weighted by Crippen LogP contribution is -2.41. The van der Waals surface area contributed by atoms with Gasteiger partial charge in [-0.1, -0.05) is 29.8 Å². The van der Waals surface area contributed by atoms with Crippen LogP contribution in [0.5, 0.6) is 0 Å². The Kier molecular flexibility index (Phi) is 4.60. The second-order valence-corrected chi connectivity index (χ2v) is 6.01. The molecule has 2 aromatic rings. The van der Waals surface area contributed by atoms with Gasteiger partial charge in [-0.3, -0.25) is 0 Å². The lowest BCUT2D eigenvalue weighted by atomic mass is 9.70. The normalized spacial score (nSPS) is 17.2. The average Bonchev–Trinajstić information content (AvgIpc) is 2.56. The molecule has 1 aromatic carbocycles. The number of piperidine rings is 1. The van der Waals surface area contributed by atoms with Crippen molar-refractivity contribution in [1.82, 2.24) is 15.3 Å². The number of nitrogens with zero attached hydrogens (tertiary/aromatic N) is 2. The van der Waals surface area contributed by atoms with Crippen LogP contribution in [-0.4, -0.2) is 29.6 Å². The molecule has 1 saturated heterocycles. The summed E-state index contributed by atoms with van der Waals surface area (Å²) in [6, 6.07) is 10.1. The van der Waals surface area contributed by atoms with Crippen LogP contribution in [0.1, 0.15) is 31.0 Å². The van der Waals surface area contributed by atoms with Crippen molar-refractivity contribution in [3.05, 3.63) is 52.8 Å². The van der Waals surface area contributed by atoms with Crippen molar-refractivity contribution in [1.29, 1.82) is 0 Å². The van der Waals surface area contributed by atoms with Gasteiger partial charge in [-0.2, -0.15) is 0 Å². The van der Waals surface area contributed by atoms with Gasteiger partial charge in [0, 0.05) is 23.2 Å². The van der Waals surface area contributed by atoms with Crippen molar-refractivity contribution < 1.29 is 0 Å². The molecule has 0 aliphatic carbocycles. The third-order valence-corrected chi connectivity index (χ3v) is 4.66. The SMILES string of the molecule is CCNc1nccc(C2(c3ccccc3Cl)CCNCC2)n1. The van der Waals surface area contributed by atoms with E-state index in [0.29, 0.717) is 5.95 Å². The fourth-order valence-electron chi connectivity index (χ4n) is 3.23. The van der Waals surface area contributed by atoms with Crippen molar-refractivity contribution in [3.63, 3.8) is 0 Å². The Morgan fingerprint density at radius 1 is 1.23 bits per heavy atom. The van der Waals surface area contributed by atoms with Crippen molar-refractivity contribution in [2.75, 3.05) is 25.0 Å². The molecule has 0 radical (unpaired) electrons. The van der Waals surface area contributed by atoms with Crippen LogP contribution in [-0.2, 0) is 5.41 Å². The van der Waals surface area contributed by atoms with E-state index in [9.17, 15) is 0 Å². The van der Waals surface area contributed by atoms with E-state index in [4.69, 9.17) is 16.6 Å². The molecule has 0 saturated carbocycles. The van der Waals surface area contributed by atoms with Gasteiger partial charge in [-0.25, -0.2) is 9.97 Å². The number of aromatic nitrogens is 2. The number of anilines is 1. The molecule has 1 aromatic heterocycles. The second kappa shape index (κ2) is 6.63. The Labute approximate surface area is 136 Å². The van der Waals surface area contributed by atoms with Crippen LogP contribution in [0.15, 0.2) is 36.5 Å². The third-order valence-electron chi connectivity index (χ3n) is 4.33. The zero-order valence-corrected chi connectivity index (χ0v) is 13.5. The first-order valence-corrected chi connectivity index (χ1v) is 8.17. The van der Waals surface area contributed by atoms with E-state index in [1.165, 1.54) is 5.56 Å². The Bertz CT molecular complexity index is 638. The quantitative estimate of drug-likeness (QED) is 0.909. The Balaban J connectivity index is 2.10. The minimum absolute atomic E-state index is 0.142. The highest BCUT2D eigenvalue weighted by Crippen LogP contribution is 2.42. The van der Waals surface area contributed by atoms with Crippen LogP contribution < -0.4 is 10.6 Å². The summed E-state index contributed by atoms with van der Waals surface area (Å²) < 4.78 is 0. The van der Waals surface area contributed by atoms with Gasteiger partial charge in [0.25, 0.3) is 0 Å². The van der Waals surface area contributed by atoms with Crippen LogP contribution in [0, 0.1) is 0 Å². The van der Waals surface area contributed by atoms with Crippen molar-refractivity contribution in [3.8, 4) is 0 Å². The van der Waals surface area contributed by atoms with Gasteiger partial charge in [0.1, 0.15) is 0 Å². The summed E-state index contributed by atoms with van der Waals surface area (Å²) in [5.41, 5.74) is 2.07. The van der Waals surface area contributed by atoms with Gasteiger partial charge >= 0.3 is 0 Å². The summed E-state index contributed by atoms with van der Waals surface area (Å²) in [6.45, 7) is 4.78. The monoisotopic (exact) mass is 316 g/mol. The first-order valence-electron chi connectivity index (χ1n) is 7.79. The molecule has 0 unspecified atom stereocenters. The molecule has 5 heteroatoms. The van der Waals surface area contributed by atoms with Crippen LogP contribution in [0.3, 0.4) is 0 Å². The summed E-state index contributed by atoms with van der Waals surface area (Å²) in [7, 11) is 0. The smallest absolute Gasteiger partial charge is 0.222 e. The van der Waals surface area contributed by atoms with Crippen LogP contribution in [0.2, 0.25) is 5.02 Å². The molecule has 116 valence electrons. The topological polar surface area (TPSA) is 49.8 Å². The van der Waals surface area contributed by atoms with Crippen LogP contribution in [0.25, 0.3) is 0 Å². The van der Waals surface area contributed by atoms with Crippen LogP contribution >= 0.6 is 11.6 Å². The molecule has 22 heavy (non-hydrogen) atoms. The molecule has 2 N–H and O–H groups in total. The van der Waals surface area contributed by atoms with Crippen LogP contribution in [0.4, 0.5) is 5.95 Å². The Hall–Kier alpha value is -1.65. The minimum Gasteiger partial charge on any atom is -0.354 e. The number of hydrogen-bond donors (Lipinski definition) is 2. The number of halogens is 1. The fraction of sp³-hybridized carbons (Fsp3) is 0.412. The molecule has 4 nitrogen and oxygen atoms in total. The highest BCUT2D eigenvalue weighted by atomic mass is 35.5. The molecule has 3 rings (SSSR count). The zero-order chi connectivity index (χ0) is 15.4. The molecule has 1 fully saturated rings. The van der Waals surface area contributed by atoms with Gasteiger partial charge in [0.15, 0.2) is 0 Å². The first kappa shape index (κ1) is 15.3. The van der Waals surface area contributed by atoms with Crippen molar-refractivity contribution in [2.45, 2.75) is 25.2 Å². The van der Waals surface area contributed by atoms with E-state index in [2.05, 4.69) is 27.8 Å². The lowest BCUT2D eigenvalue weighted by molar-refractivity contribution is 0.354. The molecule has 0 spiro atoms. The number of rotatable bonds is 4. The van der Waals surface area contributed by atoms with E-state index in [1.807, 2.05) is 31.3 Å². The highest BCUT2D eigenvalue weighted by Gasteiger charge is 2.38. The molecular weight excluding hydrogens is 296 g/mol. The van der Waals surface area contributed by atoms with Gasteiger partial charge < -0.3 is 10.6 Å². The maximum atomic E-state index is 6.52. The van der Waals surface area contributed by atoms with Gasteiger partial charge in [-0.15, -0.1) is 0 Å². The number of hydrogen-bond acceptors (Lipinski definition) is 4. The Morgan fingerprint density at radius 3 is 2.73 bits per heavy atom. The molecule has 2 heterocycles. The van der Waals surface area contributed by atoms with E-state index in [1.54, 1.807) is 0 Å². The highest BCUT2D eigenvalue weighted by molar-refractivity contribution is 6.31. The Morgan fingerprint density at radius 2 is 2.00 bits per heavy atom. The van der Waals surface area contributed by atoms with Gasteiger partial charge in [0.2, 0.25) is 5.95 Å². The molecule has 0 atom stereocenters. The zero-order valence-electron chi connectivity index (χ0n) is 12.8. The van der Waals surface area contributed by atoms with Crippen molar-refractivity contribution >= 4 is 17.5 Å². The summed E-state index contributed by atoms with van der Waals surface area (Å²) in [6.07, 6.45) is 3.81. The molecule has 0 bridgehead atoms. The maximum Gasteiger partial charge on any atom is 0.222 e. The molecule has 0 amide bonds. The summed E-state index contributed by atoms with van der Waals surface area (Å²) >= 11 is 6.52. The summed E-state index contributed by atoms with van der Waals surface area (Å²) in [5, 5.41) is 7.45. The number of nitrogens with one attached hydrogen (secondary N) is 2. The van der Waals surface area contributed by atoms with E-state index < -0.39 is 0 Å². The molecule has 1 aliphatic rings. The average molecular weight is 317 g/mol. The second-order valence-electron chi connectivity index (χ2n) is 5.61. The number of benzene rings is 1. The van der Waals surface area contributed by atoms with Gasteiger partial charge in [0.05, 0.1) is 5.69 Å². The lowest BCUT2D eigenvalue weighted by Gasteiger charge is -2.38. The predicted molar refractivity (Wildman–Crippen MR) is 90.5 cm³/mol. The predicted octanol–water partition coefficient (Wildman–Crippen LogP) is 3.23. The van der Waals surface area contributed by atoms with E-state index >= 15 is 0 Å². The van der Waals surface area contributed by atoms with Gasteiger partial charge in [-0.05, 0) is 50.6 Å². The summed E-state index contributed by atoms with van der Waals surface area (Å²) in [4.78, 5) is 9.07. The molecular formula is C17H21ClN4. The largest absolute Gasteiger partial charge is 0.354 e. The maximum absolute atomic E-state index is 6.52. The van der Waals surface area contributed by atoms with E-state index in [0.717, 1.165) is 43.2 Å². The molecule has 1 aliphatic heterocycles. The third kappa shape index (κ3) is 2.81. The van der Waals surface area contributed by atoms with E-state index in [-0.39, 0.29) is 5.41 Å². The minimum atomic E-state index is -0.142. The standard InChI is InChI=1S/C17H21ClN4/c1-2-20-16-21-10-7-15(22-16)17(8-11-19-12-9-17)13-5-3-4-6-14(13)18/h3-7,10,19H,2,8-9,11-12H2,1H3,(H,20,21,22). The van der Waals surface area contributed by atoms with Crippen molar-refractivity contribution in [2.24, 2.45) is 0 Å². The fourth-order valence-corrected chi connectivity index (χ4v) is 3.55.